The first-order valence-corrected chi connectivity index (χ1v) is 7.39. The highest BCUT2D eigenvalue weighted by Gasteiger charge is 2.03. The third kappa shape index (κ3) is 3.28. The van der Waals surface area contributed by atoms with Crippen LogP contribution >= 0.6 is 0 Å². The van der Waals surface area contributed by atoms with Crippen LogP contribution in [0.15, 0.2) is 54.7 Å². The zero-order valence-electron chi connectivity index (χ0n) is 12.5. The molecule has 1 heterocycles. The molecule has 0 saturated heterocycles. The van der Waals surface area contributed by atoms with E-state index in [0.29, 0.717) is 6.54 Å². The third-order valence-electron chi connectivity index (χ3n) is 3.75. The monoisotopic (exact) mass is 293 g/mol. The molecule has 3 rings (SSSR count). The molecule has 0 saturated carbocycles. The minimum atomic E-state index is -0.181. The number of hydrogen-bond donors (Lipinski definition) is 3. The number of amides is 2. The van der Waals surface area contributed by atoms with Crippen LogP contribution in [0.2, 0.25) is 0 Å². The van der Waals surface area contributed by atoms with Crippen molar-refractivity contribution in [1.29, 1.82) is 0 Å². The van der Waals surface area contributed by atoms with Gasteiger partial charge in [-0.25, -0.2) is 4.79 Å². The number of carbonyl (C=O) groups is 1. The Kier molecular flexibility index (Phi) is 4.10. The van der Waals surface area contributed by atoms with E-state index in [1.54, 1.807) is 0 Å². The molecule has 0 aliphatic heterocycles. The summed E-state index contributed by atoms with van der Waals surface area (Å²) in [5.74, 6) is 0. The second kappa shape index (κ2) is 6.35. The molecule has 0 radical (unpaired) electrons. The van der Waals surface area contributed by atoms with Gasteiger partial charge in [-0.2, -0.15) is 0 Å². The van der Waals surface area contributed by atoms with E-state index in [1.807, 2.05) is 42.6 Å². The van der Waals surface area contributed by atoms with E-state index in [4.69, 9.17) is 0 Å². The molecule has 4 heteroatoms. The van der Waals surface area contributed by atoms with Crippen molar-refractivity contribution in [3.8, 4) is 0 Å². The van der Waals surface area contributed by atoms with Gasteiger partial charge >= 0.3 is 6.03 Å². The smallest absolute Gasteiger partial charge is 0.319 e. The molecule has 0 atom stereocenters. The topological polar surface area (TPSA) is 56.9 Å². The maximum atomic E-state index is 11.9. The number of H-pyrrole nitrogens is 1. The molecule has 0 aliphatic rings. The second-order valence-electron chi connectivity index (χ2n) is 5.34. The van der Waals surface area contributed by atoms with Gasteiger partial charge in [-0.3, -0.25) is 0 Å². The Labute approximate surface area is 129 Å². The lowest BCUT2D eigenvalue weighted by Gasteiger charge is -2.09. The Morgan fingerprint density at radius 1 is 1.14 bits per heavy atom. The summed E-state index contributed by atoms with van der Waals surface area (Å²) in [6, 6.07) is 15.8. The standard InChI is InChI=1S/C18H19N3O/c1-13-4-2-3-5-14(13)8-11-20-18(22)21-16-7-6-15-9-10-19-17(15)12-16/h2-7,9-10,12,19H,8,11H2,1H3,(H2,20,21,22). The highest BCUT2D eigenvalue weighted by molar-refractivity contribution is 5.92. The average molecular weight is 293 g/mol. The van der Waals surface area contributed by atoms with E-state index < -0.39 is 0 Å². The number of urea groups is 1. The average Bonchev–Trinajstić information content (AvgIpc) is 2.97. The van der Waals surface area contributed by atoms with Gasteiger partial charge in [0.25, 0.3) is 0 Å². The normalized spacial score (nSPS) is 10.6. The van der Waals surface area contributed by atoms with Gasteiger partial charge in [-0.1, -0.05) is 30.3 Å². The van der Waals surface area contributed by atoms with Gasteiger partial charge in [0.05, 0.1) is 0 Å². The molecule has 3 aromatic rings. The molecule has 2 aromatic carbocycles. The van der Waals surface area contributed by atoms with Crippen LogP contribution in [-0.2, 0) is 6.42 Å². The lowest BCUT2D eigenvalue weighted by atomic mass is 10.1. The molecular weight excluding hydrogens is 274 g/mol. The summed E-state index contributed by atoms with van der Waals surface area (Å²) < 4.78 is 0. The summed E-state index contributed by atoms with van der Waals surface area (Å²) in [5, 5.41) is 6.87. The Balaban J connectivity index is 1.53. The first-order valence-electron chi connectivity index (χ1n) is 7.39. The van der Waals surface area contributed by atoms with E-state index >= 15 is 0 Å². The van der Waals surface area contributed by atoms with Crippen LogP contribution in [0.1, 0.15) is 11.1 Å². The molecule has 112 valence electrons. The Morgan fingerprint density at radius 3 is 2.86 bits per heavy atom. The highest BCUT2D eigenvalue weighted by Crippen LogP contribution is 2.17. The molecule has 3 N–H and O–H groups in total. The Morgan fingerprint density at radius 2 is 2.00 bits per heavy atom. The quantitative estimate of drug-likeness (QED) is 0.672. The van der Waals surface area contributed by atoms with E-state index in [2.05, 4.69) is 34.7 Å². The maximum absolute atomic E-state index is 11.9. The number of anilines is 1. The summed E-state index contributed by atoms with van der Waals surface area (Å²) in [6.45, 7) is 2.70. The fraction of sp³-hybridized carbons (Fsp3) is 0.167. The fourth-order valence-corrected chi connectivity index (χ4v) is 2.50. The number of nitrogens with one attached hydrogen (secondary N) is 3. The van der Waals surface area contributed by atoms with Crippen molar-refractivity contribution in [2.45, 2.75) is 13.3 Å². The number of rotatable bonds is 4. The van der Waals surface area contributed by atoms with Crippen LogP contribution in [0.3, 0.4) is 0 Å². The first-order chi connectivity index (χ1) is 10.7. The number of carbonyl (C=O) groups excluding carboxylic acids is 1. The van der Waals surface area contributed by atoms with E-state index in [1.165, 1.54) is 11.1 Å². The predicted molar refractivity (Wildman–Crippen MR) is 90.2 cm³/mol. The van der Waals surface area contributed by atoms with E-state index in [9.17, 15) is 4.79 Å². The molecule has 0 unspecified atom stereocenters. The zero-order valence-corrected chi connectivity index (χ0v) is 12.5. The van der Waals surface area contributed by atoms with Crippen molar-refractivity contribution in [2.75, 3.05) is 11.9 Å². The summed E-state index contributed by atoms with van der Waals surface area (Å²) in [7, 11) is 0. The van der Waals surface area contributed by atoms with Crippen LogP contribution in [0.25, 0.3) is 10.9 Å². The molecule has 0 spiro atoms. The minimum Gasteiger partial charge on any atom is -0.361 e. The lowest BCUT2D eigenvalue weighted by Crippen LogP contribution is -2.30. The van der Waals surface area contributed by atoms with Crippen molar-refractivity contribution >= 4 is 22.6 Å². The van der Waals surface area contributed by atoms with Crippen LogP contribution in [0, 0.1) is 6.92 Å². The van der Waals surface area contributed by atoms with Crippen LogP contribution in [0.4, 0.5) is 10.5 Å². The lowest BCUT2D eigenvalue weighted by molar-refractivity contribution is 0.252. The SMILES string of the molecule is Cc1ccccc1CCNC(=O)Nc1ccc2cc[nH]c2c1. The third-order valence-corrected chi connectivity index (χ3v) is 3.75. The second-order valence-corrected chi connectivity index (χ2v) is 5.34. The van der Waals surface area contributed by atoms with E-state index in [-0.39, 0.29) is 6.03 Å². The van der Waals surface area contributed by atoms with Gasteiger partial charge in [0, 0.05) is 23.9 Å². The summed E-state index contributed by atoms with van der Waals surface area (Å²) >= 11 is 0. The maximum Gasteiger partial charge on any atom is 0.319 e. The summed E-state index contributed by atoms with van der Waals surface area (Å²) in [4.78, 5) is 15.1. The molecule has 0 fully saturated rings. The van der Waals surface area contributed by atoms with E-state index in [0.717, 1.165) is 23.0 Å². The molecule has 0 bridgehead atoms. The van der Waals surface area contributed by atoms with Crippen molar-refractivity contribution < 1.29 is 4.79 Å². The Bertz CT molecular complexity index is 792. The largest absolute Gasteiger partial charge is 0.361 e. The number of hydrogen-bond acceptors (Lipinski definition) is 1. The van der Waals surface area contributed by atoms with Gasteiger partial charge in [0.1, 0.15) is 0 Å². The van der Waals surface area contributed by atoms with Crippen LogP contribution in [-0.4, -0.2) is 17.6 Å². The fourth-order valence-electron chi connectivity index (χ4n) is 2.50. The molecule has 22 heavy (non-hydrogen) atoms. The molecule has 0 aliphatic carbocycles. The number of aryl methyl sites for hydroxylation is 1. The summed E-state index contributed by atoms with van der Waals surface area (Å²) in [6.07, 6.45) is 2.71. The van der Waals surface area contributed by atoms with Gasteiger partial charge in [0.15, 0.2) is 0 Å². The number of aromatic nitrogens is 1. The number of fused-ring (bicyclic) bond motifs is 1. The Hall–Kier alpha value is -2.75. The van der Waals surface area contributed by atoms with Crippen LogP contribution < -0.4 is 10.6 Å². The number of benzene rings is 2. The predicted octanol–water partition coefficient (Wildman–Crippen LogP) is 3.84. The first kappa shape index (κ1) is 14.2. The molecule has 4 nitrogen and oxygen atoms in total. The zero-order chi connectivity index (χ0) is 15.4. The van der Waals surface area contributed by atoms with Crippen molar-refractivity contribution in [1.82, 2.24) is 10.3 Å². The van der Waals surface area contributed by atoms with Crippen LogP contribution in [0.5, 0.6) is 0 Å². The van der Waals surface area contributed by atoms with Crippen molar-refractivity contribution in [2.24, 2.45) is 0 Å². The van der Waals surface area contributed by atoms with Gasteiger partial charge in [-0.15, -0.1) is 0 Å². The minimum absolute atomic E-state index is 0.181. The number of aromatic amines is 1. The molecule has 2 amide bonds. The van der Waals surface area contributed by atoms with Gasteiger partial charge in [0.2, 0.25) is 0 Å². The highest BCUT2D eigenvalue weighted by atomic mass is 16.2. The summed E-state index contributed by atoms with van der Waals surface area (Å²) in [5.41, 5.74) is 4.30. The molecule has 1 aromatic heterocycles. The van der Waals surface area contributed by atoms with Gasteiger partial charge < -0.3 is 15.6 Å². The van der Waals surface area contributed by atoms with Crippen molar-refractivity contribution in [3.63, 3.8) is 0 Å². The van der Waals surface area contributed by atoms with Crippen molar-refractivity contribution in [3.05, 3.63) is 65.9 Å². The molecular formula is C18H19N3O. The van der Waals surface area contributed by atoms with Gasteiger partial charge in [-0.05, 0) is 48.1 Å².